The van der Waals surface area contributed by atoms with Crippen LogP contribution in [0.5, 0.6) is 0 Å². The van der Waals surface area contributed by atoms with Crippen molar-refractivity contribution in [3.05, 3.63) is 59.7 Å². The Kier molecular flexibility index (Phi) is 3.42. The van der Waals surface area contributed by atoms with E-state index in [0.29, 0.717) is 0 Å². The van der Waals surface area contributed by atoms with Crippen LogP contribution in [0.15, 0.2) is 48.5 Å². The largest absolute Gasteiger partial charge is 0.348 e. The van der Waals surface area contributed by atoms with E-state index >= 15 is 0 Å². The first-order valence-corrected chi connectivity index (χ1v) is 7.21. The van der Waals surface area contributed by atoms with Crippen LogP contribution in [0.1, 0.15) is 17.0 Å². The quantitative estimate of drug-likeness (QED) is 0.801. The van der Waals surface area contributed by atoms with Crippen LogP contribution in [-0.2, 0) is 11.2 Å². The predicted octanol–water partition coefficient (Wildman–Crippen LogP) is 3.18. The van der Waals surface area contributed by atoms with E-state index in [-0.39, 0.29) is 11.8 Å². The number of rotatable bonds is 1. The first-order chi connectivity index (χ1) is 10.1. The molecule has 0 N–H and O–H groups in total. The van der Waals surface area contributed by atoms with Gasteiger partial charge in [-0.05, 0) is 29.7 Å². The highest BCUT2D eigenvalue weighted by Crippen LogP contribution is 2.40. The van der Waals surface area contributed by atoms with Crippen LogP contribution < -0.4 is 4.90 Å². The first kappa shape index (κ1) is 13.7. The molecule has 0 bridgehead atoms. The molecule has 3 heteroatoms. The Morgan fingerprint density at radius 3 is 2.38 bits per heavy atom. The molecule has 1 unspecified atom stereocenters. The number of hydrogen-bond acceptors (Lipinski definition) is 2. The van der Waals surface area contributed by atoms with E-state index in [1.165, 1.54) is 11.3 Å². The Bertz CT molecular complexity index is 678. The van der Waals surface area contributed by atoms with Crippen molar-refractivity contribution in [1.29, 1.82) is 0 Å². The van der Waals surface area contributed by atoms with Gasteiger partial charge in [0.05, 0.1) is 5.92 Å². The van der Waals surface area contributed by atoms with Gasteiger partial charge < -0.3 is 9.80 Å². The van der Waals surface area contributed by atoms with E-state index in [1.54, 1.807) is 4.90 Å². The number of carbonyl (C=O) groups is 1. The van der Waals surface area contributed by atoms with Gasteiger partial charge in [0.2, 0.25) is 5.91 Å². The van der Waals surface area contributed by atoms with E-state index in [2.05, 4.69) is 36.2 Å². The van der Waals surface area contributed by atoms with Crippen LogP contribution in [0, 0.1) is 0 Å². The molecule has 1 amide bonds. The maximum atomic E-state index is 12.6. The Labute approximate surface area is 125 Å². The third-order valence-corrected chi connectivity index (χ3v) is 4.19. The van der Waals surface area contributed by atoms with E-state index in [0.717, 1.165) is 17.7 Å². The van der Waals surface area contributed by atoms with Crippen molar-refractivity contribution < 1.29 is 4.79 Å². The minimum Gasteiger partial charge on any atom is -0.348 e. The molecule has 0 aromatic heterocycles. The summed E-state index contributed by atoms with van der Waals surface area (Å²) in [7, 11) is 5.72. The molecule has 21 heavy (non-hydrogen) atoms. The van der Waals surface area contributed by atoms with Crippen molar-refractivity contribution in [3.63, 3.8) is 0 Å². The van der Waals surface area contributed by atoms with Crippen LogP contribution in [-0.4, -0.2) is 32.0 Å². The Hall–Kier alpha value is -2.29. The van der Waals surface area contributed by atoms with Gasteiger partial charge in [-0.2, -0.15) is 0 Å². The number of carbonyl (C=O) groups excluding carboxylic acids is 1. The maximum absolute atomic E-state index is 12.6. The molecule has 2 aromatic rings. The minimum absolute atomic E-state index is 0.123. The molecule has 1 aliphatic heterocycles. The fourth-order valence-corrected chi connectivity index (χ4v) is 3.09. The average Bonchev–Trinajstić information content (AvgIpc) is 2.63. The summed E-state index contributed by atoms with van der Waals surface area (Å²) in [6, 6.07) is 16.5. The highest BCUT2D eigenvalue weighted by Gasteiger charge is 2.30. The molecule has 0 radical (unpaired) electrons. The standard InChI is InChI=1S/C18H20N2O/c1-19(2)18(21)15-12-13-8-4-6-10-16(13)20(3)17-11-7-5-9-14(15)17/h4-11,15H,12H2,1-3H3. The van der Waals surface area contributed by atoms with Crippen molar-refractivity contribution in [2.75, 3.05) is 26.0 Å². The Morgan fingerprint density at radius 2 is 1.67 bits per heavy atom. The number of nitrogens with zero attached hydrogens (tertiary/aromatic N) is 2. The van der Waals surface area contributed by atoms with Crippen LogP contribution >= 0.6 is 0 Å². The lowest BCUT2D eigenvalue weighted by atomic mass is 9.91. The molecular weight excluding hydrogens is 260 g/mol. The summed E-state index contributed by atoms with van der Waals surface area (Å²) < 4.78 is 0. The van der Waals surface area contributed by atoms with Gasteiger partial charge in [-0.1, -0.05) is 36.4 Å². The SMILES string of the molecule is CN(C)C(=O)C1Cc2ccccc2N(C)c2ccccc21. The summed E-state index contributed by atoms with van der Waals surface area (Å²) in [5.41, 5.74) is 4.62. The molecule has 0 saturated heterocycles. The summed E-state index contributed by atoms with van der Waals surface area (Å²) in [6.07, 6.45) is 0.745. The normalized spacial score (nSPS) is 16.7. The molecule has 1 heterocycles. The summed E-state index contributed by atoms with van der Waals surface area (Å²) in [4.78, 5) is 16.5. The topological polar surface area (TPSA) is 23.6 Å². The molecule has 2 aromatic carbocycles. The molecule has 3 rings (SSSR count). The van der Waals surface area contributed by atoms with Gasteiger partial charge in [-0.15, -0.1) is 0 Å². The van der Waals surface area contributed by atoms with Gasteiger partial charge in [-0.3, -0.25) is 4.79 Å². The predicted molar refractivity (Wildman–Crippen MR) is 86.1 cm³/mol. The fraction of sp³-hybridized carbons (Fsp3) is 0.278. The number of anilines is 2. The molecule has 0 spiro atoms. The number of likely N-dealkylation sites (N-methyl/N-ethyl adjacent to an activating group) is 1. The lowest BCUT2D eigenvalue weighted by molar-refractivity contribution is -0.130. The summed E-state index contributed by atoms with van der Waals surface area (Å²) in [5, 5.41) is 0. The zero-order chi connectivity index (χ0) is 15.0. The molecule has 108 valence electrons. The molecule has 1 atom stereocenters. The average molecular weight is 280 g/mol. The number of hydrogen-bond donors (Lipinski definition) is 0. The Morgan fingerprint density at radius 1 is 1.05 bits per heavy atom. The minimum atomic E-state index is -0.123. The van der Waals surface area contributed by atoms with Gasteiger partial charge in [-0.25, -0.2) is 0 Å². The fourth-order valence-electron chi connectivity index (χ4n) is 3.09. The molecule has 3 nitrogen and oxygen atoms in total. The summed E-state index contributed by atoms with van der Waals surface area (Å²) >= 11 is 0. The van der Waals surface area contributed by atoms with Crippen LogP contribution in [0.4, 0.5) is 11.4 Å². The molecule has 0 fully saturated rings. The van der Waals surface area contributed by atoms with Crippen LogP contribution in [0.2, 0.25) is 0 Å². The third kappa shape index (κ3) is 2.29. The second-order valence-corrected chi connectivity index (χ2v) is 5.74. The van der Waals surface area contributed by atoms with Crippen LogP contribution in [0.25, 0.3) is 0 Å². The zero-order valence-electron chi connectivity index (χ0n) is 12.7. The van der Waals surface area contributed by atoms with E-state index in [1.807, 2.05) is 38.4 Å². The monoisotopic (exact) mass is 280 g/mol. The molecule has 0 saturated carbocycles. The maximum Gasteiger partial charge on any atom is 0.230 e. The van der Waals surface area contributed by atoms with Crippen molar-refractivity contribution in [2.24, 2.45) is 0 Å². The number of para-hydroxylation sites is 2. The highest BCUT2D eigenvalue weighted by molar-refractivity contribution is 5.88. The smallest absolute Gasteiger partial charge is 0.230 e. The van der Waals surface area contributed by atoms with Crippen molar-refractivity contribution in [2.45, 2.75) is 12.3 Å². The second kappa shape index (κ2) is 5.24. The Balaban J connectivity index is 2.19. The van der Waals surface area contributed by atoms with Crippen molar-refractivity contribution >= 4 is 17.3 Å². The van der Waals surface area contributed by atoms with E-state index < -0.39 is 0 Å². The van der Waals surface area contributed by atoms with Gasteiger partial charge in [0.1, 0.15) is 0 Å². The van der Waals surface area contributed by atoms with Gasteiger partial charge in [0.15, 0.2) is 0 Å². The summed E-state index contributed by atoms with van der Waals surface area (Å²) in [6.45, 7) is 0. The molecular formula is C18H20N2O. The van der Waals surface area contributed by atoms with E-state index in [9.17, 15) is 4.79 Å². The van der Waals surface area contributed by atoms with Gasteiger partial charge in [0.25, 0.3) is 0 Å². The van der Waals surface area contributed by atoms with Gasteiger partial charge in [0, 0.05) is 32.5 Å². The van der Waals surface area contributed by atoms with Crippen LogP contribution in [0.3, 0.4) is 0 Å². The highest BCUT2D eigenvalue weighted by atomic mass is 16.2. The lowest BCUT2D eigenvalue weighted by Crippen LogP contribution is -2.29. The zero-order valence-corrected chi connectivity index (χ0v) is 12.7. The lowest BCUT2D eigenvalue weighted by Gasteiger charge is -2.23. The second-order valence-electron chi connectivity index (χ2n) is 5.74. The van der Waals surface area contributed by atoms with Crippen molar-refractivity contribution in [1.82, 2.24) is 4.90 Å². The number of amides is 1. The third-order valence-electron chi connectivity index (χ3n) is 4.19. The first-order valence-electron chi connectivity index (χ1n) is 7.21. The molecule has 1 aliphatic rings. The molecule has 0 aliphatic carbocycles. The number of fused-ring (bicyclic) bond motifs is 2. The van der Waals surface area contributed by atoms with E-state index in [4.69, 9.17) is 0 Å². The number of benzene rings is 2. The summed E-state index contributed by atoms with van der Waals surface area (Å²) in [5.74, 6) is 0.0369. The van der Waals surface area contributed by atoms with Gasteiger partial charge >= 0.3 is 0 Å². The van der Waals surface area contributed by atoms with Crippen molar-refractivity contribution in [3.8, 4) is 0 Å².